The third-order valence-electron chi connectivity index (χ3n) is 5.68. The molecule has 0 aromatic heterocycles. The Balaban J connectivity index is 1.44. The first-order valence-corrected chi connectivity index (χ1v) is 10.4. The SMILES string of the molecule is O=C(c1ccc(Cl)cc1)c1ccccc1C(=O)N1CCC(NCC2CC2)CC1. The Labute approximate surface area is 170 Å². The van der Waals surface area contributed by atoms with Crippen LogP contribution in [-0.2, 0) is 0 Å². The minimum absolute atomic E-state index is 0.0569. The zero-order valence-electron chi connectivity index (χ0n) is 15.9. The number of rotatable bonds is 6. The highest BCUT2D eigenvalue weighted by atomic mass is 35.5. The Morgan fingerprint density at radius 1 is 0.929 bits per heavy atom. The number of ketones is 1. The van der Waals surface area contributed by atoms with Crippen molar-refractivity contribution in [1.82, 2.24) is 10.2 Å². The fraction of sp³-hybridized carbons (Fsp3) is 0.391. The summed E-state index contributed by atoms with van der Waals surface area (Å²) in [5.41, 5.74) is 1.46. The zero-order valence-corrected chi connectivity index (χ0v) is 16.6. The molecule has 1 aliphatic heterocycles. The molecule has 1 amide bonds. The summed E-state index contributed by atoms with van der Waals surface area (Å²) in [5, 5.41) is 4.22. The normalized spacial score (nSPS) is 17.5. The topological polar surface area (TPSA) is 49.4 Å². The molecule has 1 saturated heterocycles. The van der Waals surface area contributed by atoms with E-state index in [4.69, 9.17) is 11.6 Å². The predicted octanol–water partition coefficient (Wildman–Crippen LogP) is 4.18. The molecule has 0 atom stereocenters. The Hall–Kier alpha value is -2.17. The molecule has 2 aliphatic rings. The highest BCUT2D eigenvalue weighted by Crippen LogP contribution is 2.28. The average Bonchev–Trinajstić information content (AvgIpc) is 3.57. The number of amides is 1. The van der Waals surface area contributed by atoms with Crippen molar-refractivity contribution >= 4 is 23.3 Å². The summed E-state index contributed by atoms with van der Waals surface area (Å²) in [6.07, 6.45) is 4.63. The van der Waals surface area contributed by atoms with E-state index in [1.54, 1.807) is 42.5 Å². The molecule has 4 rings (SSSR count). The number of piperidine rings is 1. The number of carbonyl (C=O) groups excluding carboxylic acids is 2. The molecule has 0 radical (unpaired) electrons. The lowest BCUT2D eigenvalue weighted by Gasteiger charge is -2.33. The van der Waals surface area contributed by atoms with Crippen LogP contribution in [0.1, 0.15) is 52.0 Å². The smallest absolute Gasteiger partial charge is 0.254 e. The van der Waals surface area contributed by atoms with Crippen LogP contribution in [0.2, 0.25) is 5.02 Å². The van der Waals surface area contributed by atoms with Crippen LogP contribution in [0.4, 0.5) is 0 Å². The van der Waals surface area contributed by atoms with Gasteiger partial charge in [-0.05, 0) is 68.5 Å². The molecular weight excluding hydrogens is 372 g/mol. The minimum Gasteiger partial charge on any atom is -0.339 e. The number of benzene rings is 2. The zero-order chi connectivity index (χ0) is 19.5. The van der Waals surface area contributed by atoms with Crippen LogP contribution in [0.5, 0.6) is 0 Å². The van der Waals surface area contributed by atoms with Crippen molar-refractivity contribution in [2.24, 2.45) is 5.92 Å². The van der Waals surface area contributed by atoms with Crippen LogP contribution in [-0.4, -0.2) is 42.3 Å². The Morgan fingerprint density at radius 2 is 1.57 bits per heavy atom. The number of hydrogen-bond donors (Lipinski definition) is 1. The summed E-state index contributed by atoms with van der Waals surface area (Å²) < 4.78 is 0. The van der Waals surface area contributed by atoms with E-state index in [2.05, 4.69) is 5.32 Å². The van der Waals surface area contributed by atoms with Crippen LogP contribution in [0.3, 0.4) is 0 Å². The molecule has 2 aromatic carbocycles. The van der Waals surface area contributed by atoms with Crippen LogP contribution in [0.15, 0.2) is 48.5 Å². The monoisotopic (exact) mass is 396 g/mol. The highest BCUT2D eigenvalue weighted by Gasteiger charge is 2.28. The summed E-state index contributed by atoms with van der Waals surface area (Å²) >= 11 is 5.92. The van der Waals surface area contributed by atoms with E-state index < -0.39 is 0 Å². The highest BCUT2D eigenvalue weighted by molar-refractivity contribution is 6.30. The van der Waals surface area contributed by atoms with Crippen molar-refractivity contribution in [1.29, 1.82) is 0 Å². The molecule has 146 valence electrons. The largest absolute Gasteiger partial charge is 0.339 e. The maximum Gasteiger partial charge on any atom is 0.254 e. The standard InChI is InChI=1S/C23H25ClN2O2/c24-18-9-7-17(8-10-18)22(27)20-3-1-2-4-21(20)23(28)26-13-11-19(12-14-26)25-15-16-5-6-16/h1-4,7-10,16,19,25H,5-6,11-15H2. The fourth-order valence-corrected chi connectivity index (χ4v) is 3.86. The van der Waals surface area contributed by atoms with E-state index in [1.165, 1.54) is 12.8 Å². The van der Waals surface area contributed by atoms with Crippen molar-refractivity contribution < 1.29 is 9.59 Å². The van der Waals surface area contributed by atoms with Crippen LogP contribution < -0.4 is 5.32 Å². The first-order chi connectivity index (χ1) is 13.6. The van der Waals surface area contributed by atoms with Crippen molar-refractivity contribution in [3.05, 3.63) is 70.2 Å². The number of carbonyl (C=O) groups is 2. The fourth-order valence-electron chi connectivity index (χ4n) is 3.74. The molecule has 2 aromatic rings. The van der Waals surface area contributed by atoms with Gasteiger partial charge in [-0.1, -0.05) is 29.8 Å². The van der Waals surface area contributed by atoms with Crippen LogP contribution in [0, 0.1) is 5.92 Å². The number of halogens is 1. The minimum atomic E-state index is -0.151. The molecule has 1 N–H and O–H groups in total. The van der Waals surface area contributed by atoms with Gasteiger partial charge in [0.15, 0.2) is 5.78 Å². The second-order valence-electron chi connectivity index (χ2n) is 7.80. The number of nitrogens with one attached hydrogen (secondary N) is 1. The summed E-state index contributed by atoms with van der Waals surface area (Å²) in [6.45, 7) is 2.56. The van der Waals surface area contributed by atoms with Gasteiger partial charge in [0.25, 0.3) is 5.91 Å². The summed E-state index contributed by atoms with van der Waals surface area (Å²) in [7, 11) is 0. The van der Waals surface area contributed by atoms with Crippen molar-refractivity contribution in [2.45, 2.75) is 31.7 Å². The van der Waals surface area contributed by atoms with Crippen molar-refractivity contribution in [3.8, 4) is 0 Å². The number of likely N-dealkylation sites (tertiary alicyclic amines) is 1. The van der Waals surface area contributed by atoms with E-state index in [9.17, 15) is 9.59 Å². The molecule has 1 saturated carbocycles. The third-order valence-corrected chi connectivity index (χ3v) is 5.93. The molecule has 0 spiro atoms. The predicted molar refractivity (Wildman–Crippen MR) is 111 cm³/mol. The van der Waals surface area contributed by atoms with Gasteiger partial charge in [-0.25, -0.2) is 0 Å². The second kappa shape index (κ2) is 8.46. The molecule has 0 unspecified atom stereocenters. The van der Waals surface area contributed by atoms with Crippen molar-refractivity contribution in [2.75, 3.05) is 19.6 Å². The summed E-state index contributed by atoms with van der Waals surface area (Å²) in [5.74, 6) is 0.658. The van der Waals surface area contributed by atoms with E-state index in [1.807, 2.05) is 11.0 Å². The molecule has 1 heterocycles. The van der Waals surface area contributed by atoms with Gasteiger partial charge in [-0.15, -0.1) is 0 Å². The maximum atomic E-state index is 13.1. The summed E-state index contributed by atoms with van der Waals surface area (Å²) in [4.78, 5) is 28.0. The Kier molecular flexibility index (Phi) is 5.79. The second-order valence-corrected chi connectivity index (χ2v) is 8.24. The molecular formula is C23H25ClN2O2. The number of nitrogens with zero attached hydrogens (tertiary/aromatic N) is 1. The Morgan fingerprint density at radius 3 is 2.21 bits per heavy atom. The lowest BCUT2D eigenvalue weighted by Crippen LogP contribution is -2.45. The molecule has 4 nitrogen and oxygen atoms in total. The van der Waals surface area contributed by atoms with Crippen LogP contribution in [0.25, 0.3) is 0 Å². The van der Waals surface area contributed by atoms with Gasteiger partial charge in [0.2, 0.25) is 0 Å². The quantitative estimate of drug-likeness (QED) is 0.745. The molecule has 1 aliphatic carbocycles. The van der Waals surface area contributed by atoms with Gasteiger partial charge in [0.1, 0.15) is 0 Å². The molecule has 28 heavy (non-hydrogen) atoms. The van der Waals surface area contributed by atoms with Crippen molar-refractivity contribution in [3.63, 3.8) is 0 Å². The summed E-state index contributed by atoms with van der Waals surface area (Å²) in [6, 6.07) is 14.4. The van der Waals surface area contributed by atoms with Gasteiger partial charge >= 0.3 is 0 Å². The van der Waals surface area contributed by atoms with Gasteiger partial charge in [0.05, 0.1) is 5.56 Å². The first kappa shape index (κ1) is 19.2. The van der Waals surface area contributed by atoms with Gasteiger partial charge in [-0.3, -0.25) is 9.59 Å². The van der Waals surface area contributed by atoms with Gasteiger partial charge < -0.3 is 10.2 Å². The molecule has 5 heteroatoms. The van der Waals surface area contributed by atoms with E-state index in [-0.39, 0.29) is 11.7 Å². The van der Waals surface area contributed by atoms with Gasteiger partial charge in [0, 0.05) is 35.3 Å². The molecule has 2 fully saturated rings. The number of hydrogen-bond acceptors (Lipinski definition) is 3. The third kappa shape index (κ3) is 4.45. The Bertz CT molecular complexity index is 853. The van der Waals surface area contributed by atoms with E-state index in [0.29, 0.717) is 27.8 Å². The van der Waals surface area contributed by atoms with E-state index in [0.717, 1.165) is 38.4 Å². The lowest BCUT2D eigenvalue weighted by atomic mass is 9.96. The lowest BCUT2D eigenvalue weighted by molar-refractivity contribution is 0.0701. The first-order valence-electron chi connectivity index (χ1n) is 10.0. The van der Waals surface area contributed by atoms with E-state index >= 15 is 0 Å². The van der Waals surface area contributed by atoms with Gasteiger partial charge in [-0.2, -0.15) is 0 Å². The van der Waals surface area contributed by atoms with Crippen LogP contribution >= 0.6 is 11.6 Å². The molecule has 0 bridgehead atoms. The average molecular weight is 397 g/mol. The maximum absolute atomic E-state index is 13.1.